The minimum atomic E-state index is -0.524. The van der Waals surface area contributed by atoms with Gasteiger partial charge in [-0.05, 0) is 30.2 Å². The van der Waals surface area contributed by atoms with Crippen LogP contribution in [0.1, 0.15) is 12.0 Å². The van der Waals surface area contributed by atoms with Crippen LogP contribution >= 0.6 is 0 Å². The van der Waals surface area contributed by atoms with E-state index in [2.05, 4.69) is 5.32 Å². The van der Waals surface area contributed by atoms with Crippen molar-refractivity contribution in [3.05, 3.63) is 52.1 Å². The van der Waals surface area contributed by atoms with E-state index in [0.717, 1.165) is 5.56 Å². The number of hydrogen-bond donors (Lipinski definition) is 1. The summed E-state index contributed by atoms with van der Waals surface area (Å²) in [7, 11) is 1.44. The zero-order chi connectivity index (χ0) is 18.5. The van der Waals surface area contributed by atoms with Crippen molar-refractivity contribution in [2.24, 2.45) is 0 Å². The third kappa shape index (κ3) is 4.02. The number of fused-ring (bicyclic) bond motifs is 1. The fourth-order valence-corrected chi connectivity index (χ4v) is 2.62. The largest absolute Gasteiger partial charge is 0.495 e. The monoisotopic (exact) mass is 358 g/mol. The fraction of sp³-hybridized carbons (Fsp3) is 0.278. The summed E-state index contributed by atoms with van der Waals surface area (Å²) in [5.74, 6) is 1.47. The highest BCUT2D eigenvalue weighted by Crippen LogP contribution is 2.31. The summed E-state index contributed by atoms with van der Waals surface area (Å²) in [5.41, 5.74) is 1.09. The highest BCUT2D eigenvalue weighted by Gasteiger charge is 2.15. The second kappa shape index (κ2) is 7.73. The Hall–Kier alpha value is -3.29. The Bertz CT molecular complexity index is 836. The van der Waals surface area contributed by atoms with Crippen LogP contribution in [0, 0.1) is 10.1 Å². The maximum absolute atomic E-state index is 12.2. The smallest absolute Gasteiger partial charge is 0.271 e. The van der Waals surface area contributed by atoms with Crippen molar-refractivity contribution in [1.82, 2.24) is 0 Å². The molecule has 1 aliphatic heterocycles. The maximum Gasteiger partial charge on any atom is 0.271 e. The lowest BCUT2D eigenvalue weighted by molar-refractivity contribution is -0.384. The Labute approximate surface area is 149 Å². The zero-order valence-corrected chi connectivity index (χ0v) is 14.2. The van der Waals surface area contributed by atoms with Gasteiger partial charge in [0.05, 0.1) is 17.7 Å². The molecule has 26 heavy (non-hydrogen) atoms. The second-order valence-corrected chi connectivity index (χ2v) is 5.67. The highest BCUT2D eigenvalue weighted by molar-refractivity contribution is 5.92. The first kappa shape index (κ1) is 17.5. The molecule has 1 aliphatic rings. The molecule has 0 saturated carbocycles. The van der Waals surface area contributed by atoms with E-state index in [1.165, 1.54) is 25.3 Å². The predicted octanol–water partition coefficient (Wildman–Crippen LogP) is 2.95. The van der Waals surface area contributed by atoms with Crippen LogP contribution in [0.15, 0.2) is 36.4 Å². The van der Waals surface area contributed by atoms with Gasteiger partial charge < -0.3 is 19.5 Å². The molecule has 1 heterocycles. The number of non-ortho nitro benzene ring substituents is 1. The number of carbonyl (C=O) groups excluding carboxylic acids is 1. The zero-order valence-electron chi connectivity index (χ0n) is 14.2. The van der Waals surface area contributed by atoms with Crippen LogP contribution in [-0.2, 0) is 11.2 Å². The van der Waals surface area contributed by atoms with Crippen LogP contribution in [0.4, 0.5) is 11.4 Å². The third-order valence-corrected chi connectivity index (χ3v) is 3.92. The molecule has 2 aromatic rings. The van der Waals surface area contributed by atoms with Crippen molar-refractivity contribution in [2.45, 2.75) is 12.8 Å². The van der Waals surface area contributed by atoms with Gasteiger partial charge >= 0.3 is 0 Å². The molecule has 0 saturated heterocycles. The number of anilines is 1. The molecule has 2 aromatic carbocycles. The van der Waals surface area contributed by atoms with Crippen LogP contribution in [-0.4, -0.2) is 31.2 Å². The molecule has 1 amide bonds. The minimum absolute atomic E-state index is 0.118. The van der Waals surface area contributed by atoms with Crippen molar-refractivity contribution >= 4 is 17.3 Å². The number of methoxy groups -OCH3 is 1. The first-order valence-electron chi connectivity index (χ1n) is 8.07. The Morgan fingerprint density at radius 3 is 2.69 bits per heavy atom. The van der Waals surface area contributed by atoms with Crippen LogP contribution < -0.4 is 19.5 Å². The summed E-state index contributed by atoms with van der Waals surface area (Å²) >= 11 is 0. The first-order chi connectivity index (χ1) is 12.6. The predicted molar refractivity (Wildman–Crippen MR) is 94.0 cm³/mol. The Kier molecular flexibility index (Phi) is 5.21. The number of nitro benzene ring substituents is 1. The van der Waals surface area contributed by atoms with E-state index in [1.807, 2.05) is 18.2 Å². The molecule has 0 aromatic heterocycles. The number of nitrogens with one attached hydrogen (secondary N) is 1. The van der Waals surface area contributed by atoms with Crippen molar-refractivity contribution < 1.29 is 23.9 Å². The number of nitrogens with zero attached hydrogens (tertiary/aromatic N) is 1. The molecular formula is C18H18N2O6. The minimum Gasteiger partial charge on any atom is -0.495 e. The number of nitro groups is 1. The highest BCUT2D eigenvalue weighted by atomic mass is 16.6. The van der Waals surface area contributed by atoms with E-state index in [0.29, 0.717) is 36.9 Å². The van der Waals surface area contributed by atoms with Crippen LogP contribution in [0.3, 0.4) is 0 Å². The molecule has 3 rings (SSSR count). The van der Waals surface area contributed by atoms with E-state index >= 15 is 0 Å². The summed E-state index contributed by atoms with van der Waals surface area (Å²) in [5, 5.41) is 13.6. The van der Waals surface area contributed by atoms with Crippen LogP contribution in [0.25, 0.3) is 0 Å². The Morgan fingerprint density at radius 2 is 1.96 bits per heavy atom. The van der Waals surface area contributed by atoms with Crippen molar-refractivity contribution in [1.29, 1.82) is 0 Å². The molecule has 0 atom stereocenters. The van der Waals surface area contributed by atoms with Gasteiger partial charge in [-0.25, -0.2) is 0 Å². The quantitative estimate of drug-likeness (QED) is 0.629. The van der Waals surface area contributed by atoms with E-state index in [-0.39, 0.29) is 23.7 Å². The summed E-state index contributed by atoms with van der Waals surface area (Å²) in [6, 6.07) is 9.62. The van der Waals surface area contributed by atoms with Gasteiger partial charge in [-0.15, -0.1) is 0 Å². The van der Waals surface area contributed by atoms with E-state index in [4.69, 9.17) is 14.2 Å². The molecule has 8 heteroatoms. The van der Waals surface area contributed by atoms with Crippen molar-refractivity contribution in [3.8, 4) is 17.2 Å². The average Bonchev–Trinajstić information content (AvgIpc) is 2.66. The van der Waals surface area contributed by atoms with E-state index in [1.54, 1.807) is 0 Å². The van der Waals surface area contributed by atoms with E-state index in [9.17, 15) is 14.9 Å². The average molecular weight is 358 g/mol. The van der Waals surface area contributed by atoms with E-state index < -0.39 is 4.92 Å². The topological polar surface area (TPSA) is 99.9 Å². The van der Waals surface area contributed by atoms with Gasteiger partial charge in [-0.3, -0.25) is 14.9 Å². The van der Waals surface area contributed by atoms with Crippen molar-refractivity contribution in [3.63, 3.8) is 0 Å². The molecule has 8 nitrogen and oxygen atoms in total. The summed E-state index contributed by atoms with van der Waals surface area (Å²) in [6.07, 6.45) is 0.713. The number of ether oxygens (including phenoxy) is 3. The standard InChI is InChI=1S/C18H18N2O6/c1-24-15-6-4-13(20(22)23)11-14(15)19-18(21)7-3-12-2-5-16-17(10-12)26-9-8-25-16/h2,4-6,10-11H,3,7-9H2,1H3,(H,19,21). The van der Waals surface area contributed by atoms with Gasteiger partial charge in [0.1, 0.15) is 19.0 Å². The molecule has 0 spiro atoms. The summed E-state index contributed by atoms with van der Waals surface area (Å²) in [4.78, 5) is 22.6. The van der Waals surface area contributed by atoms with Crippen molar-refractivity contribution in [2.75, 3.05) is 25.6 Å². The molecule has 0 unspecified atom stereocenters. The van der Waals surface area contributed by atoms with Gasteiger partial charge in [0.25, 0.3) is 5.69 Å². The normalized spacial score (nSPS) is 12.3. The lowest BCUT2D eigenvalue weighted by atomic mass is 10.1. The maximum atomic E-state index is 12.2. The van der Waals surface area contributed by atoms with Gasteiger partial charge in [0, 0.05) is 18.6 Å². The number of carbonyl (C=O) groups is 1. The molecule has 0 fully saturated rings. The van der Waals surface area contributed by atoms with Gasteiger partial charge in [0.2, 0.25) is 5.91 Å². The van der Waals surface area contributed by atoms with Gasteiger partial charge in [0.15, 0.2) is 11.5 Å². The molecule has 1 N–H and O–H groups in total. The number of rotatable bonds is 6. The molecule has 136 valence electrons. The molecule has 0 radical (unpaired) electrons. The van der Waals surface area contributed by atoms with Gasteiger partial charge in [-0.1, -0.05) is 6.07 Å². The first-order valence-corrected chi connectivity index (χ1v) is 8.07. The Morgan fingerprint density at radius 1 is 1.19 bits per heavy atom. The molecule has 0 bridgehead atoms. The Balaban J connectivity index is 1.64. The van der Waals surface area contributed by atoms with Crippen LogP contribution in [0.5, 0.6) is 17.2 Å². The fourth-order valence-electron chi connectivity index (χ4n) is 2.62. The SMILES string of the molecule is COc1ccc([N+](=O)[O-])cc1NC(=O)CCc1ccc2c(c1)OCCO2. The van der Waals surface area contributed by atoms with Gasteiger partial charge in [-0.2, -0.15) is 0 Å². The lowest BCUT2D eigenvalue weighted by Gasteiger charge is -2.18. The number of benzene rings is 2. The molecule has 0 aliphatic carbocycles. The number of hydrogen-bond acceptors (Lipinski definition) is 6. The second-order valence-electron chi connectivity index (χ2n) is 5.67. The summed E-state index contributed by atoms with van der Waals surface area (Å²) < 4.78 is 16.1. The number of amides is 1. The number of aryl methyl sites for hydroxylation is 1. The lowest BCUT2D eigenvalue weighted by Crippen LogP contribution is -2.16. The summed E-state index contributed by atoms with van der Waals surface area (Å²) in [6.45, 7) is 1.03. The third-order valence-electron chi connectivity index (χ3n) is 3.92. The van der Waals surface area contributed by atoms with Crippen LogP contribution in [0.2, 0.25) is 0 Å². The molecular weight excluding hydrogens is 340 g/mol.